The van der Waals surface area contributed by atoms with Gasteiger partial charge >= 0.3 is 5.97 Å². The standard InChI is InChI=1S/C28H28N2O4S/c1-4-18-11-7-9-13-21(18)29-26(31)22(5-2)30-23-17-19(28(33)34-6-3)15-16-25(23)35-24-14-10-8-12-20(24)27(30)32/h7-17,22H,4-6H2,1-3H3,(H,29,31). The molecule has 0 fully saturated rings. The highest BCUT2D eigenvalue weighted by molar-refractivity contribution is 7.99. The highest BCUT2D eigenvalue weighted by atomic mass is 32.2. The molecule has 0 saturated carbocycles. The van der Waals surface area contributed by atoms with Gasteiger partial charge in [-0.05, 0) is 61.7 Å². The summed E-state index contributed by atoms with van der Waals surface area (Å²) in [7, 11) is 0. The zero-order valence-corrected chi connectivity index (χ0v) is 20.9. The average molecular weight is 489 g/mol. The van der Waals surface area contributed by atoms with E-state index in [1.54, 1.807) is 25.1 Å². The first kappa shape index (κ1) is 24.5. The Morgan fingerprint density at radius 1 is 0.971 bits per heavy atom. The van der Waals surface area contributed by atoms with Gasteiger partial charge in [0.15, 0.2) is 0 Å². The van der Waals surface area contributed by atoms with Crippen LogP contribution in [0.4, 0.5) is 11.4 Å². The number of hydrogen-bond acceptors (Lipinski definition) is 5. The summed E-state index contributed by atoms with van der Waals surface area (Å²) in [5, 5.41) is 3.03. The third kappa shape index (κ3) is 4.95. The maximum atomic E-state index is 13.9. The molecule has 1 aliphatic heterocycles. The zero-order chi connectivity index (χ0) is 24.9. The minimum atomic E-state index is -0.782. The molecule has 1 aliphatic rings. The van der Waals surface area contributed by atoms with Gasteiger partial charge in [0.25, 0.3) is 5.91 Å². The van der Waals surface area contributed by atoms with E-state index in [1.165, 1.54) is 16.7 Å². The lowest BCUT2D eigenvalue weighted by molar-refractivity contribution is -0.117. The number of benzene rings is 3. The quantitative estimate of drug-likeness (QED) is 0.416. The molecular formula is C28H28N2O4S. The van der Waals surface area contributed by atoms with Crippen molar-refractivity contribution in [2.24, 2.45) is 0 Å². The van der Waals surface area contributed by atoms with Gasteiger partial charge in [0, 0.05) is 15.5 Å². The van der Waals surface area contributed by atoms with Gasteiger partial charge in [0.1, 0.15) is 6.04 Å². The van der Waals surface area contributed by atoms with Crippen LogP contribution in [0.1, 0.15) is 53.5 Å². The Morgan fingerprint density at radius 3 is 2.46 bits per heavy atom. The van der Waals surface area contributed by atoms with Crippen LogP contribution in [-0.2, 0) is 16.0 Å². The van der Waals surface area contributed by atoms with Gasteiger partial charge in [-0.15, -0.1) is 0 Å². The Bertz CT molecular complexity index is 1270. The summed E-state index contributed by atoms with van der Waals surface area (Å²) in [5.74, 6) is -1.03. The van der Waals surface area contributed by atoms with Gasteiger partial charge in [-0.3, -0.25) is 14.5 Å². The number of carbonyl (C=O) groups excluding carboxylic acids is 3. The minimum absolute atomic E-state index is 0.246. The van der Waals surface area contributed by atoms with Gasteiger partial charge in [0.2, 0.25) is 5.91 Å². The summed E-state index contributed by atoms with van der Waals surface area (Å²) in [4.78, 5) is 43.1. The summed E-state index contributed by atoms with van der Waals surface area (Å²) in [5.41, 5.74) is 3.13. The Morgan fingerprint density at radius 2 is 1.71 bits per heavy atom. The SMILES string of the molecule is CCOC(=O)c1ccc2c(c1)N(C(CC)C(=O)Nc1ccccc1CC)C(=O)c1ccccc1S2. The normalized spacial score (nSPS) is 13.3. The van der Waals surface area contributed by atoms with Gasteiger partial charge in [-0.2, -0.15) is 0 Å². The number of para-hydroxylation sites is 1. The number of rotatable bonds is 7. The molecule has 0 radical (unpaired) electrons. The van der Waals surface area contributed by atoms with Gasteiger partial charge in [-0.25, -0.2) is 4.79 Å². The van der Waals surface area contributed by atoms with Crippen molar-refractivity contribution in [3.05, 3.63) is 83.4 Å². The van der Waals surface area contributed by atoms with Crippen LogP contribution in [0.25, 0.3) is 0 Å². The molecule has 1 heterocycles. The number of nitrogens with one attached hydrogen (secondary N) is 1. The number of aryl methyl sites for hydroxylation is 1. The average Bonchev–Trinajstić information content (AvgIpc) is 2.99. The molecule has 3 aromatic rings. The predicted octanol–water partition coefficient (Wildman–Crippen LogP) is 5.95. The van der Waals surface area contributed by atoms with Crippen molar-refractivity contribution in [1.29, 1.82) is 0 Å². The molecule has 4 rings (SSSR count). The Labute approximate surface area is 209 Å². The van der Waals surface area contributed by atoms with Crippen molar-refractivity contribution in [2.45, 2.75) is 49.4 Å². The van der Waals surface area contributed by atoms with Gasteiger partial charge < -0.3 is 10.1 Å². The molecular weight excluding hydrogens is 460 g/mol. The number of ether oxygens (including phenoxy) is 1. The highest BCUT2D eigenvalue weighted by Crippen LogP contribution is 2.43. The third-order valence-corrected chi connectivity index (χ3v) is 7.08. The lowest BCUT2D eigenvalue weighted by Gasteiger charge is -2.31. The molecule has 0 aromatic heterocycles. The zero-order valence-electron chi connectivity index (χ0n) is 20.0. The van der Waals surface area contributed by atoms with Crippen LogP contribution < -0.4 is 10.2 Å². The lowest BCUT2D eigenvalue weighted by Crippen LogP contribution is -2.47. The molecule has 0 bridgehead atoms. The largest absolute Gasteiger partial charge is 0.462 e. The van der Waals surface area contributed by atoms with E-state index in [0.717, 1.165) is 27.5 Å². The summed E-state index contributed by atoms with van der Waals surface area (Å²) >= 11 is 1.45. The number of esters is 1. The summed E-state index contributed by atoms with van der Waals surface area (Å²) < 4.78 is 5.18. The molecule has 0 spiro atoms. The second-order valence-electron chi connectivity index (χ2n) is 8.10. The van der Waals surface area contributed by atoms with Crippen LogP contribution in [0.5, 0.6) is 0 Å². The highest BCUT2D eigenvalue weighted by Gasteiger charge is 2.36. The van der Waals surface area contributed by atoms with Crippen LogP contribution >= 0.6 is 11.8 Å². The van der Waals surface area contributed by atoms with Crippen molar-refractivity contribution >= 4 is 40.9 Å². The van der Waals surface area contributed by atoms with Crippen LogP contribution in [-0.4, -0.2) is 30.4 Å². The fraction of sp³-hybridized carbons (Fsp3) is 0.250. The molecule has 1 N–H and O–H groups in total. The summed E-state index contributed by atoms with van der Waals surface area (Å²) in [6, 6.07) is 19.4. The van der Waals surface area contributed by atoms with Crippen LogP contribution in [0.2, 0.25) is 0 Å². The molecule has 35 heavy (non-hydrogen) atoms. The maximum absolute atomic E-state index is 13.9. The van der Waals surface area contributed by atoms with E-state index >= 15 is 0 Å². The number of fused-ring (bicyclic) bond motifs is 2. The van der Waals surface area contributed by atoms with E-state index in [2.05, 4.69) is 5.32 Å². The summed E-state index contributed by atoms with van der Waals surface area (Å²) in [6.45, 7) is 5.90. The Balaban J connectivity index is 1.81. The minimum Gasteiger partial charge on any atom is -0.462 e. The topological polar surface area (TPSA) is 75.7 Å². The lowest BCUT2D eigenvalue weighted by atomic mass is 10.1. The summed E-state index contributed by atoms with van der Waals surface area (Å²) in [6.07, 6.45) is 1.16. The van der Waals surface area contributed by atoms with E-state index in [4.69, 9.17) is 4.74 Å². The number of nitrogens with zero attached hydrogens (tertiary/aromatic N) is 1. The fourth-order valence-electron chi connectivity index (χ4n) is 4.18. The van der Waals surface area contributed by atoms with Crippen molar-refractivity contribution in [2.75, 3.05) is 16.8 Å². The molecule has 7 heteroatoms. The molecule has 1 unspecified atom stereocenters. The van der Waals surface area contributed by atoms with E-state index in [0.29, 0.717) is 23.2 Å². The Kier molecular flexibility index (Phi) is 7.56. The van der Waals surface area contributed by atoms with E-state index in [9.17, 15) is 14.4 Å². The molecule has 0 saturated heterocycles. The molecule has 2 amide bonds. The first-order valence-corrected chi connectivity index (χ1v) is 12.6. The number of carbonyl (C=O) groups is 3. The van der Waals surface area contributed by atoms with Crippen molar-refractivity contribution in [1.82, 2.24) is 0 Å². The van der Waals surface area contributed by atoms with Crippen LogP contribution in [0.3, 0.4) is 0 Å². The van der Waals surface area contributed by atoms with Gasteiger partial charge in [0.05, 0.1) is 23.4 Å². The van der Waals surface area contributed by atoms with Gasteiger partial charge in [-0.1, -0.05) is 55.9 Å². The van der Waals surface area contributed by atoms with Crippen molar-refractivity contribution < 1.29 is 19.1 Å². The number of amides is 2. The van der Waals surface area contributed by atoms with Crippen LogP contribution in [0.15, 0.2) is 76.5 Å². The fourth-order valence-corrected chi connectivity index (χ4v) is 5.23. The molecule has 1 atom stereocenters. The van der Waals surface area contributed by atoms with E-state index in [1.807, 2.05) is 62.4 Å². The second kappa shape index (κ2) is 10.8. The second-order valence-corrected chi connectivity index (χ2v) is 9.18. The first-order chi connectivity index (χ1) is 17.0. The predicted molar refractivity (Wildman–Crippen MR) is 138 cm³/mol. The van der Waals surface area contributed by atoms with Crippen molar-refractivity contribution in [3.63, 3.8) is 0 Å². The van der Waals surface area contributed by atoms with Crippen LogP contribution in [0, 0.1) is 0 Å². The van der Waals surface area contributed by atoms with E-state index in [-0.39, 0.29) is 18.4 Å². The van der Waals surface area contributed by atoms with E-state index < -0.39 is 12.0 Å². The maximum Gasteiger partial charge on any atom is 0.338 e. The third-order valence-electron chi connectivity index (χ3n) is 5.94. The molecule has 3 aromatic carbocycles. The smallest absolute Gasteiger partial charge is 0.338 e. The van der Waals surface area contributed by atoms with Crippen molar-refractivity contribution in [3.8, 4) is 0 Å². The number of anilines is 2. The number of hydrogen-bond donors (Lipinski definition) is 1. The first-order valence-electron chi connectivity index (χ1n) is 11.8. The Hall–Kier alpha value is -3.58. The monoisotopic (exact) mass is 488 g/mol. The molecule has 180 valence electrons. The molecule has 6 nitrogen and oxygen atoms in total. The molecule has 0 aliphatic carbocycles.